The molecule has 0 unspecified atom stereocenters. The van der Waals surface area contributed by atoms with Crippen molar-refractivity contribution in [3.63, 3.8) is 0 Å². The van der Waals surface area contributed by atoms with E-state index in [1.165, 1.54) is 0 Å². The van der Waals surface area contributed by atoms with E-state index in [4.69, 9.17) is 5.02 Å². The summed E-state index contributed by atoms with van der Waals surface area (Å²) in [6.45, 7) is 0.302. The van der Waals surface area contributed by atoms with Gasteiger partial charge in [0, 0.05) is 0 Å². The van der Waals surface area contributed by atoms with Gasteiger partial charge in [-0.2, -0.15) is 0 Å². The lowest BCUT2D eigenvalue weighted by Crippen LogP contribution is -2.05. The van der Waals surface area contributed by atoms with Crippen LogP contribution in [0.3, 0.4) is 0 Å². The van der Waals surface area contributed by atoms with E-state index in [0.717, 1.165) is 0 Å². The van der Waals surface area contributed by atoms with Crippen LogP contribution in [0.2, 0.25) is 0 Å². The van der Waals surface area contributed by atoms with Gasteiger partial charge in [-0.3, -0.25) is 4.79 Å². The van der Waals surface area contributed by atoms with Gasteiger partial charge in [0.1, 0.15) is 0 Å². The molecule has 0 rings (SSSR count). The minimum atomic E-state index is -0.0985. The monoisotopic (exact) mass is 86.0 g/mol. The van der Waals surface area contributed by atoms with E-state index < -0.39 is 0 Å². The Labute approximate surface area is 36.8 Å². The first kappa shape index (κ1) is 5.56. The highest BCUT2D eigenvalue weighted by molar-refractivity contribution is 6.93. The lowest BCUT2D eigenvalue weighted by atomic mass is 9.65. The molecule has 32 valence electrons. The summed E-state index contributed by atoms with van der Waals surface area (Å²) in [6.07, 6.45) is 0. The number of hydrogen-bond donors (Lipinski definition) is 1. The minimum Gasteiger partial charge on any atom is -0.547 e. The smallest absolute Gasteiger partial charge is 0.334 e. The maximum atomic E-state index is 9.23. The van der Waals surface area contributed by atoms with Crippen LogP contribution >= 0.6 is 0 Å². The van der Waals surface area contributed by atoms with Crippen molar-refractivity contribution < 1.29 is 14.5 Å². The van der Waals surface area contributed by atoms with Gasteiger partial charge in [0.25, 0.3) is 13.8 Å². The predicted molar refractivity (Wildman–Crippen MR) is 23.7 cm³/mol. The number of rotatable bonds is 3. The van der Waals surface area contributed by atoms with Crippen molar-refractivity contribution in [2.24, 2.45) is 0 Å². The van der Waals surface area contributed by atoms with Crippen LogP contribution in [0.1, 0.15) is 0 Å². The molecule has 0 saturated carbocycles. The summed E-state index contributed by atoms with van der Waals surface area (Å²) in [5.41, 5.74) is 0. The summed E-state index contributed by atoms with van der Waals surface area (Å²) >= 11 is 0. The van der Waals surface area contributed by atoms with E-state index >= 15 is 0 Å². The molecule has 0 heterocycles. The molecule has 0 aromatic carbocycles. The summed E-state index contributed by atoms with van der Waals surface area (Å²) in [5, 5.41) is 7.91. The first-order valence-electron chi connectivity index (χ1n) is 1.58. The van der Waals surface area contributed by atoms with E-state index in [1.807, 2.05) is 0 Å². The molecule has 0 amide bonds. The molecular weight excluding hydrogens is 81.6 g/mol. The molecule has 0 aromatic heterocycles. The van der Waals surface area contributed by atoms with Crippen molar-refractivity contribution in [3.8, 4) is 0 Å². The van der Waals surface area contributed by atoms with Crippen LogP contribution < -0.4 is 0 Å². The van der Waals surface area contributed by atoms with Crippen molar-refractivity contribution in [3.05, 3.63) is 0 Å². The van der Waals surface area contributed by atoms with Gasteiger partial charge in [0.15, 0.2) is 0 Å². The zero-order chi connectivity index (χ0) is 4.83. The molecule has 3 nitrogen and oxygen atoms in total. The molecule has 0 bridgehead atoms. The molecule has 0 aliphatic carbocycles. The molecule has 0 saturated heterocycles. The molecule has 0 aromatic rings. The zero-order valence-electron chi connectivity index (χ0n) is 3.26. The fourth-order valence-corrected chi connectivity index (χ4v) is 0.101. The van der Waals surface area contributed by atoms with Crippen LogP contribution in [0, 0.1) is 0 Å². The topological polar surface area (TPSA) is 46.5 Å². The fraction of sp³-hybridized carbons (Fsp3) is 0. The first-order chi connectivity index (χ1) is 2.91. The molecule has 0 aliphatic rings. The van der Waals surface area contributed by atoms with Gasteiger partial charge < -0.3 is 9.68 Å². The average Bonchev–Trinajstić information content (AvgIpc) is 1.61. The molecule has 0 fully saturated rings. The third-order valence-electron chi connectivity index (χ3n) is 0.277. The van der Waals surface area contributed by atoms with Crippen molar-refractivity contribution in [1.82, 2.24) is 0 Å². The van der Waals surface area contributed by atoms with E-state index in [2.05, 4.69) is 4.65 Å². The third kappa shape index (κ3) is 3.56. The van der Waals surface area contributed by atoms with Crippen LogP contribution in [0.4, 0.5) is 0 Å². The first-order valence-corrected chi connectivity index (χ1v) is 1.58. The maximum absolute atomic E-state index is 9.23. The number of hydrogen-bond acceptors (Lipinski definition) is 3. The summed E-state index contributed by atoms with van der Waals surface area (Å²) in [5.74, 6) is 0. The molecule has 1 N–H and O–H groups in total. The second-order valence-electron chi connectivity index (χ2n) is 0.691. The third-order valence-corrected chi connectivity index (χ3v) is 0.277. The van der Waals surface area contributed by atoms with Crippen molar-refractivity contribution in [1.29, 1.82) is 0 Å². The molecule has 0 spiro atoms. The van der Waals surface area contributed by atoms with Gasteiger partial charge in [-0.25, -0.2) is 0 Å². The van der Waals surface area contributed by atoms with Crippen LogP contribution in [0.25, 0.3) is 0 Å². The van der Waals surface area contributed by atoms with Gasteiger partial charge >= 0.3 is 7.37 Å². The van der Waals surface area contributed by atoms with E-state index in [9.17, 15) is 4.79 Å². The zero-order valence-corrected chi connectivity index (χ0v) is 3.26. The Hall–Kier alpha value is -0.440. The Balaban J connectivity index is 2.49. The van der Waals surface area contributed by atoms with Gasteiger partial charge in [-0.05, 0) is 0 Å². The molecule has 0 radical (unpaired) electrons. The Morgan fingerprint density at radius 2 is 2.50 bits per heavy atom. The summed E-state index contributed by atoms with van der Waals surface area (Å²) in [6, 6.07) is 0. The second-order valence-corrected chi connectivity index (χ2v) is 0.691. The molecular formula is CH4B2O3. The summed E-state index contributed by atoms with van der Waals surface area (Å²) in [7, 11) is 0.00222. The predicted octanol–water partition coefficient (Wildman–Crippen LogP) is -2.23. The average molecular weight is 85.7 g/mol. The van der Waals surface area contributed by atoms with Crippen LogP contribution in [-0.2, 0) is 9.45 Å². The van der Waals surface area contributed by atoms with Crippen LogP contribution in [-0.4, -0.2) is 26.2 Å². The van der Waals surface area contributed by atoms with Gasteiger partial charge in [-0.15, -0.1) is 0 Å². The van der Waals surface area contributed by atoms with E-state index in [0.29, 0.717) is 6.47 Å². The van der Waals surface area contributed by atoms with Gasteiger partial charge in [0.2, 0.25) is 0 Å². The number of carbonyl (C=O) groups is 1. The largest absolute Gasteiger partial charge is 0.547 e. The Bertz CT molecular complexity index is 37.8. The summed E-state index contributed by atoms with van der Waals surface area (Å²) in [4.78, 5) is 9.23. The summed E-state index contributed by atoms with van der Waals surface area (Å²) < 4.78 is 4.05. The quantitative estimate of drug-likeness (QED) is 0.240. The molecule has 6 heavy (non-hydrogen) atoms. The van der Waals surface area contributed by atoms with E-state index in [1.54, 1.807) is 0 Å². The lowest BCUT2D eigenvalue weighted by Gasteiger charge is -1.82. The maximum Gasteiger partial charge on any atom is 0.334 e. The van der Waals surface area contributed by atoms with E-state index in [-0.39, 0.29) is 14.7 Å². The minimum absolute atomic E-state index is 0.0985. The lowest BCUT2D eigenvalue weighted by molar-refractivity contribution is -0.120. The Morgan fingerprint density at radius 3 is 2.67 bits per heavy atom. The highest BCUT2D eigenvalue weighted by Crippen LogP contribution is 1.50. The normalized spacial score (nSPS) is 6.17. The molecule has 5 heteroatoms. The van der Waals surface area contributed by atoms with Crippen LogP contribution in [0.15, 0.2) is 0 Å². The highest BCUT2D eigenvalue weighted by Gasteiger charge is 1.84. The Morgan fingerprint density at radius 1 is 1.83 bits per heavy atom. The number of carbonyl (C=O) groups excluding carboxylic acids is 1. The van der Waals surface area contributed by atoms with Crippen molar-refractivity contribution in [2.45, 2.75) is 0 Å². The molecule has 0 atom stereocenters. The van der Waals surface area contributed by atoms with Crippen molar-refractivity contribution >= 4 is 21.2 Å². The SMILES string of the molecule is O=COBBO. The second kappa shape index (κ2) is 4.56. The standard InChI is InChI=1S/CH4B2O3/c4-1-6-3-2-5/h1-3,5H. The van der Waals surface area contributed by atoms with Crippen LogP contribution in [0.5, 0.6) is 0 Å². The Kier molecular flexibility index (Phi) is 4.23. The fourth-order valence-electron chi connectivity index (χ4n) is 0.101. The highest BCUT2D eigenvalue weighted by atomic mass is 16.5. The van der Waals surface area contributed by atoms with Gasteiger partial charge in [-0.1, -0.05) is 0 Å². The molecule has 0 aliphatic heterocycles. The van der Waals surface area contributed by atoms with Gasteiger partial charge in [0.05, 0.1) is 0 Å². The van der Waals surface area contributed by atoms with Crippen molar-refractivity contribution in [2.75, 3.05) is 0 Å².